The maximum atomic E-state index is 13.1. The van der Waals surface area contributed by atoms with Gasteiger partial charge in [-0.05, 0) is 49.8 Å². The van der Waals surface area contributed by atoms with E-state index in [2.05, 4.69) is 0 Å². The molecule has 1 saturated heterocycles. The molecule has 132 valence electrons. The standard InChI is InChI=1S/C16H19Cl2NO4S/c1-16(15(20)21)14-5-3-2-4-10(14)9-19(16)24(22,23)13-7-11(17)6-12(18)8-13/h6-8,10,14H,2-5,9H2,1H3,(H,20,21). The minimum atomic E-state index is -4.01. The number of rotatable bonds is 3. The van der Waals surface area contributed by atoms with Gasteiger partial charge in [0.05, 0.1) is 4.90 Å². The second-order valence-corrected chi connectivity index (χ2v) is 9.48. The molecule has 2 fully saturated rings. The smallest absolute Gasteiger partial charge is 0.325 e. The number of carboxylic acids is 1. The van der Waals surface area contributed by atoms with Gasteiger partial charge in [0.15, 0.2) is 0 Å². The van der Waals surface area contributed by atoms with Crippen molar-refractivity contribution >= 4 is 39.2 Å². The fourth-order valence-corrected chi connectivity index (χ4v) is 6.73. The number of fused-ring (bicyclic) bond motifs is 1. The lowest BCUT2D eigenvalue weighted by atomic mass is 9.73. The maximum Gasteiger partial charge on any atom is 0.325 e. The van der Waals surface area contributed by atoms with Gasteiger partial charge in [-0.1, -0.05) is 36.0 Å². The van der Waals surface area contributed by atoms with Crippen LogP contribution in [-0.2, 0) is 14.8 Å². The van der Waals surface area contributed by atoms with Crippen LogP contribution in [0.15, 0.2) is 23.1 Å². The van der Waals surface area contributed by atoms with E-state index in [0.29, 0.717) is 0 Å². The number of benzene rings is 1. The molecule has 1 aliphatic carbocycles. The van der Waals surface area contributed by atoms with Crippen molar-refractivity contribution < 1.29 is 18.3 Å². The molecule has 1 aromatic rings. The van der Waals surface area contributed by atoms with E-state index in [4.69, 9.17) is 23.2 Å². The van der Waals surface area contributed by atoms with E-state index in [-0.39, 0.29) is 33.3 Å². The summed E-state index contributed by atoms with van der Waals surface area (Å²) in [4.78, 5) is 12.0. The van der Waals surface area contributed by atoms with Crippen molar-refractivity contribution in [1.82, 2.24) is 4.31 Å². The van der Waals surface area contributed by atoms with Gasteiger partial charge in [-0.25, -0.2) is 8.42 Å². The van der Waals surface area contributed by atoms with E-state index in [9.17, 15) is 18.3 Å². The van der Waals surface area contributed by atoms with Crippen molar-refractivity contribution in [2.24, 2.45) is 11.8 Å². The van der Waals surface area contributed by atoms with Crippen LogP contribution in [0, 0.1) is 11.8 Å². The van der Waals surface area contributed by atoms with E-state index in [1.807, 2.05) is 0 Å². The first-order valence-corrected chi connectivity index (χ1v) is 10.1. The monoisotopic (exact) mass is 391 g/mol. The fourth-order valence-electron chi connectivity index (χ4n) is 4.17. The normalized spacial score (nSPS) is 31.0. The van der Waals surface area contributed by atoms with Crippen LogP contribution in [-0.4, -0.2) is 35.9 Å². The summed E-state index contributed by atoms with van der Waals surface area (Å²) in [6.45, 7) is 1.74. The van der Waals surface area contributed by atoms with Crippen LogP contribution in [0.5, 0.6) is 0 Å². The van der Waals surface area contributed by atoms with Crippen molar-refractivity contribution in [3.63, 3.8) is 0 Å². The number of hydrogen-bond donors (Lipinski definition) is 1. The van der Waals surface area contributed by atoms with Gasteiger partial charge in [0, 0.05) is 16.6 Å². The summed E-state index contributed by atoms with van der Waals surface area (Å²) >= 11 is 11.9. The molecule has 3 rings (SSSR count). The minimum Gasteiger partial charge on any atom is -0.480 e. The molecule has 5 nitrogen and oxygen atoms in total. The number of nitrogens with zero attached hydrogens (tertiary/aromatic N) is 1. The fraction of sp³-hybridized carbons (Fsp3) is 0.562. The molecule has 2 aliphatic rings. The molecule has 0 amide bonds. The Bertz CT molecular complexity index is 762. The summed E-state index contributed by atoms with van der Waals surface area (Å²) in [7, 11) is -4.01. The third-order valence-corrected chi connectivity index (χ3v) is 7.78. The maximum absolute atomic E-state index is 13.1. The third-order valence-electron chi connectivity index (χ3n) is 5.41. The second kappa shape index (κ2) is 6.16. The Balaban J connectivity index is 2.10. The molecule has 1 saturated carbocycles. The number of halogens is 2. The van der Waals surface area contributed by atoms with Gasteiger partial charge in [-0.15, -0.1) is 0 Å². The highest BCUT2D eigenvalue weighted by molar-refractivity contribution is 7.89. The van der Waals surface area contributed by atoms with Gasteiger partial charge >= 0.3 is 5.97 Å². The second-order valence-electron chi connectivity index (χ2n) is 6.74. The minimum absolute atomic E-state index is 0.0638. The zero-order chi connectivity index (χ0) is 17.7. The van der Waals surface area contributed by atoms with Gasteiger partial charge in [0.25, 0.3) is 0 Å². The molecule has 1 aromatic carbocycles. The zero-order valence-corrected chi connectivity index (χ0v) is 15.5. The predicted octanol–water partition coefficient (Wildman–Crippen LogP) is 3.65. The molecule has 1 heterocycles. The molecule has 0 bridgehead atoms. The molecule has 0 radical (unpaired) electrons. The topological polar surface area (TPSA) is 74.7 Å². The molecule has 1 N–H and O–H groups in total. The summed E-state index contributed by atoms with van der Waals surface area (Å²) in [5.74, 6) is -1.20. The summed E-state index contributed by atoms with van der Waals surface area (Å²) in [5, 5.41) is 10.2. The Hall–Kier alpha value is -0.820. The first-order valence-electron chi connectivity index (χ1n) is 7.89. The van der Waals surface area contributed by atoms with Crippen molar-refractivity contribution in [3.05, 3.63) is 28.2 Å². The van der Waals surface area contributed by atoms with Crippen LogP contribution in [0.25, 0.3) is 0 Å². The quantitative estimate of drug-likeness (QED) is 0.852. The number of carbonyl (C=O) groups is 1. The van der Waals surface area contributed by atoms with Crippen LogP contribution in [0.3, 0.4) is 0 Å². The van der Waals surface area contributed by atoms with E-state index in [1.165, 1.54) is 25.1 Å². The summed E-state index contributed by atoms with van der Waals surface area (Å²) in [6, 6.07) is 4.07. The van der Waals surface area contributed by atoms with Gasteiger partial charge in [-0.3, -0.25) is 4.79 Å². The molecule has 24 heavy (non-hydrogen) atoms. The molecule has 1 aliphatic heterocycles. The Morgan fingerprint density at radius 2 is 1.79 bits per heavy atom. The molecule has 3 unspecified atom stereocenters. The summed E-state index contributed by atoms with van der Waals surface area (Å²) < 4.78 is 27.4. The largest absolute Gasteiger partial charge is 0.480 e. The summed E-state index contributed by atoms with van der Waals surface area (Å²) in [6.07, 6.45) is 3.53. The first kappa shape index (κ1) is 18.0. The van der Waals surface area contributed by atoms with Crippen LogP contribution in [0.4, 0.5) is 0 Å². The van der Waals surface area contributed by atoms with E-state index in [1.54, 1.807) is 0 Å². The van der Waals surface area contributed by atoms with Crippen LogP contribution >= 0.6 is 23.2 Å². The highest BCUT2D eigenvalue weighted by Crippen LogP contribution is 2.49. The average Bonchev–Trinajstić information content (AvgIpc) is 2.82. The molecular weight excluding hydrogens is 373 g/mol. The molecule has 3 atom stereocenters. The molecule has 0 spiro atoms. The first-order chi connectivity index (χ1) is 11.2. The number of carboxylic acid groups (broad SMARTS) is 1. The van der Waals surface area contributed by atoms with E-state index < -0.39 is 21.5 Å². The van der Waals surface area contributed by atoms with Gasteiger partial charge in [0.2, 0.25) is 10.0 Å². The third kappa shape index (κ3) is 2.73. The molecular formula is C16H19Cl2NO4S. The van der Waals surface area contributed by atoms with Gasteiger partial charge in [-0.2, -0.15) is 4.31 Å². The Morgan fingerprint density at radius 3 is 2.38 bits per heavy atom. The number of aliphatic carboxylic acids is 1. The van der Waals surface area contributed by atoms with Gasteiger partial charge < -0.3 is 5.11 Å². The van der Waals surface area contributed by atoms with Crippen LogP contribution in [0.1, 0.15) is 32.6 Å². The SMILES string of the molecule is CC1(C(=O)O)C2CCCCC2CN1S(=O)(=O)c1cc(Cl)cc(Cl)c1. The Morgan fingerprint density at radius 1 is 1.21 bits per heavy atom. The van der Waals surface area contributed by atoms with Crippen molar-refractivity contribution in [2.45, 2.75) is 43.0 Å². The molecule has 0 aromatic heterocycles. The van der Waals surface area contributed by atoms with Crippen molar-refractivity contribution in [3.8, 4) is 0 Å². The van der Waals surface area contributed by atoms with Crippen LogP contribution < -0.4 is 0 Å². The Labute approximate surface area is 151 Å². The van der Waals surface area contributed by atoms with E-state index in [0.717, 1.165) is 30.0 Å². The summed E-state index contributed by atoms with van der Waals surface area (Å²) in [5.41, 5.74) is -1.45. The van der Waals surface area contributed by atoms with Crippen molar-refractivity contribution in [1.29, 1.82) is 0 Å². The number of sulfonamides is 1. The Kier molecular flexibility index (Phi) is 4.62. The lowest BCUT2D eigenvalue weighted by Gasteiger charge is -2.36. The van der Waals surface area contributed by atoms with Gasteiger partial charge in [0.1, 0.15) is 5.54 Å². The average molecular weight is 392 g/mol. The van der Waals surface area contributed by atoms with Crippen molar-refractivity contribution in [2.75, 3.05) is 6.54 Å². The predicted molar refractivity (Wildman–Crippen MR) is 91.8 cm³/mol. The number of hydrogen-bond acceptors (Lipinski definition) is 3. The lowest BCUT2D eigenvalue weighted by molar-refractivity contribution is -0.148. The zero-order valence-electron chi connectivity index (χ0n) is 13.2. The molecule has 8 heteroatoms. The highest BCUT2D eigenvalue weighted by Gasteiger charge is 2.60. The van der Waals surface area contributed by atoms with E-state index >= 15 is 0 Å². The van der Waals surface area contributed by atoms with Crippen LogP contribution in [0.2, 0.25) is 10.0 Å². The highest BCUT2D eigenvalue weighted by atomic mass is 35.5. The lowest BCUT2D eigenvalue weighted by Crippen LogP contribution is -2.54.